The van der Waals surface area contributed by atoms with E-state index in [1.165, 1.54) is 0 Å². The first-order valence-corrected chi connectivity index (χ1v) is 8.27. The zero-order chi connectivity index (χ0) is 14.7. The molecule has 2 bridgehead atoms. The topological polar surface area (TPSA) is 55.4 Å². The Kier molecular flexibility index (Phi) is 3.05. The number of carbonyl (C=O) groups excluding carboxylic acids is 2. The van der Waals surface area contributed by atoms with E-state index >= 15 is 0 Å². The summed E-state index contributed by atoms with van der Waals surface area (Å²) >= 11 is 9.68. The molecule has 3 fully saturated rings. The number of amides is 1. The maximum Gasteiger partial charge on any atom is 0.310 e. The van der Waals surface area contributed by atoms with Crippen molar-refractivity contribution < 1.29 is 14.3 Å². The third kappa shape index (κ3) is 1.87. The van der Waals surface area contributed by atoms with Crippen LogP contribution in [-0.2, 0) is 14.3 Å². The summed E-state index contributed by atoms with van der Waals surface area (Å²) in [6, 6.07) is 7.11. The van der Waals surface area contributed by atoms with Crippen LogP contribution in [-0.4, -0.2) is 22.8 Å². The van der Waals surface area contributed by atoms with E-state index in [4.69, 9.17) is 16.3 Å². The molecule has 0 spiro atoms. The Morgan fingerprint density at radius 1 is 1.33 bits per heavy atom. The summed E-state index contributed by atoms with van der Waals surface area (Å²) in [5, 5.41) is 3.36. The first kappa shape index (κ1) is 13.6. The van der Waals surface area contributed by atoms with Crippen LogP contribution in [0.2, 0.25) is 5.02 Å². The number of hydrogen-bond acceptors (Lipinski definition) is 3. The average molecular weight is 371 g/mol. The van der Waals surface area contributed by atoms with Crippen LogP contribution in [0.4, 0.5) is 5.69 Å². The van der Waals surface area contributed by atoms with E-state index in [1.54, 1.807) is 12.1 Å². The third-order valence-corrected chi connectivity index (χ3v) is 6.49. The lowest BCUT2D eigenvalue weighted by molar-refractivity contribution is -0.145. The van der Waals surface area contributed by atoms with Crippen LogP contribution in [0, 0.1) is 23.7 Å². The number of rotatable bonds is 2. The first-order chi connectivity index (χ1) is 10.1. The fourth-order valence-corrected chi connectivity index (χ4v) is 5.34. The predicted octanol–water partition coefficient (Wildman–Crippen LogP) is 2.85. The van der Waals surface area contributed by atoms with Gasteiger partial charge in [0.25, 0.3) is 0 Å². The van der Waals surface area contributed by atoms with Crippen LogP contribution < -0.4 is 5.32 Å². The van der Waals surface area contributed by atoms with Crippen LogP contribution in [0.25, 0.3) is 0 Å². The number of anilines is 1. The standard InChI is InChI=1S/C15H13BrClNO3/c16-12-6-5-7-11(15(20)21-13(7)12)10(6)14(19)18-9-4-2-1-3-8(9)17/h1-4,6-7,10-13H,5H2,(H,18,19)/t6-,7-,10-,11-,12-,13+/m1/s1. The number of fused-ring (bicyclic) bond motifs is 1. The van der Waals surface area contributed by atoms with Crippen molar-refractivity contribution in [2.24, 2.45) is 23.7 Å². The molecule has 1 aromatic carbocycles. The van der Waals surface area contributed by atoms with Gasteiger partial charge in [-0.15, -0.1) is 0 Å². The summed E-state index contributed by atoms with van der Waals surface area (Å²) in [5.41, 5.74) is 0.584. The maximum absolute atomic E-state index is 12.6. The van der Waals surface area contributed by atoms with E-state index in [2.05, 4.69) is 21.2 Å². The van der Waals surface area contributed by atoms with E-state index in [0.29, 0.717) is 10.7 Å². The van der Waals surface area contributed by atoms with Gasteiger partial charge in [-0.25, -0.2) is 0 Å². The number of benzene rings is 1. The van der Waals surface area contributed by atoms with E-state index in [0.717, 1.165) is 6.42 Å². The molecule has 3 aliphatic rings. The van der Waals surface area contributed by atoms with Gasteiger partial charge in [0.2, 0.25) is 5.91 Å². The maximum atomic E-state index is 12.6. The lowest BCUT2D eigenvalue weighted by Crippen LogP contribution is -2.40. The fourth-order valence-electron chi connectivity index (χ4n) is 4.11. The zero-order valence-electron chi connectivity index (χ0n) is 11.0. The molecule has 6 heteroatoms. The number of halogens is 2. The van der Waals surface area contributed by atoms with Crippen LogP contribution in [0.1, 0.15) is 6.42 Å². The normalized spacial score (nSPS) is 39.4. The summed E-state index contributed by atoms with van der Waals surface area (Å²) in [4.78, 5) is 24.7. The molecule has 2 aliphatic carbocycles. The molecular weight excluding hydrogens is 358 g/mol. The minimum Gasteiger partial charge on any atom is -0.461 e. The second-order valence-electron chi connectivity index (χ2n) is 5.93. The Hall–Kier alpha value is -1.07. The van der Waals surface area contributed by atoms with Crippen molar-refractivity contribution in [1.29, 1.82) is 0 Å². The molecule has 0 unspecified atom stereocenters. The van der Waals surface area contributed by atoms with Gasteiger partial charge in [-0.1, -0.05) is 39.7 Å². The van der Waals surface area contributed by atoms with E-state index in [1.807, 2.05) is 12.1 Å². The molecule has 0 aromatic heterocycles. The molecule has 1 N–H and O–H groups in total. The lowest BCUT2D eigenvalue weighted by Gasteiger charge is -2.27. The van der Waals surface area contributed by atoms with Gasteiger partial charge >= 0.3 is 5.97 Å². The molecule has 1 heterocycles. The molecule has 1 aromatic rings. The van der Waals surface area contributed by atoms with Crippen LogP contribution >= 0.6 is 27.5 Å². The van der Waals surface area contributed by atoms with Gasteiger partial charge in [0.15, 0.2) is 0 Å². The van der Waals surface area contributed by atoms with Crippen molar-refractivity contribution in [1.82, 2.24) is 0 Å². The molecule has 110 valence electrons. The van der Waals surface area contributed by atoms with Gasteiger partial charge in [-0.3, -0.25) is 9.59 Å². The summed E-state index contributed by atoms with van der Waals surface area (Å²) in [6.45, 7) is 0. The largest absolute Gasteiger partial charge is 0.461 e. The van der Waals surface area contributed by atoms with Crippen LogP contribution in [0.5, 0.6) is 0 Å². The Balaban J connectivity index is 1.61. The molecular formula is C15H13BrClNO3. The number of para-hydroxylation sites is 1. The molecule has 0 radical (unpaired) electrons. The molecule has 6 atom stereocenters. The van der Waals surface area contributed by atoms with Gasteiger partial charge < -0.3 is 10.1 Å². The van der Waals surface area contributed by atoms with Gasteiger partial charge in [-0.05, 0) is 24.5 Å². The fraction of sp³-hybridized carbons (Fsp3) is 0.467. The number of alkyl halides is 1. The summed E-state index contributed by atoms with van der Waals surface area (Å²) < 4.78 is 5.41. The second-order valence-corrected chi connectivity index (χ2v) is 7.39. The highest BCUT2D eigenvalue weighted by atomic mass is 79.9. The molecule has 1 saturated heterocycles. The number of hydrogen-bond donors (Lipinski definition) is 1. The first-order valence-electron chi connectivity index (χ1n) is 6.98. The molecule has 21 heavy (non-hydrogen) atoms. The minimum absolute atomic E-state index is 0.0585. The van der Waals surface area contributed by atoms with E-state index in [-0.39, 0.29) is 46.5 Å². The number of ether oxygens (including phenoxy) is 1. The van der Waals surface area contributed by atoms with Crippen molar-refractivity contribution in [3.8, 4) is 0 Å². The number of esters is 1. The van der Waals surface area contributed by atoms with E-state index < -0.39 is 0 Å². The summed E-state index contributed by atoms with van der Waals surface area (Å²) in [5.74, 6) is -0.665. The quantitative estimate of drug-likeness (QED) is 0.643. The van der Waals surface area contributed by atoms with Crippen LogP contribution in [0.3, 0.4) is 0 Å². The summed E-state index contributed by atoms with van der Waals surface area (Å²) in [7, 11) is 0. The smallest absolute Gasteiger partial charge is 0.310 e. The van der Waals surface area contributed by atoms with Gasteiger partial charge in [0.1, 0.15) is 6.10 Å². The van der Waals surface area contributed by atoms with E-state index in [9.17, 15) is 9.59 Å². The molecule has 4 nitrogen and oxygen atoms in total. The third-order valence-electron chi connectivity index (χ3n) is 4.96. The molecule has 2 saturated carbocycles. The monoisotopic (exact) mass is 369 g/mol. The van der Waals surface area contributed by atoms with Crippen molar-refractivity contribution in [3.05, 3.63) is 29.3 Å². The highest BCUT2D eigenvalue weighted by Crippen LogP contribution is 2.60. The highest BCUT2D eigenvalue weighted by Gasteiger charge is 2.67. The number of nitrogens with one attached hydrogen (secondary N) is 1. The van der Waals surface area contributed by atoms with Crippen molar-refractivity contribution >= 4 is 45.1 Å². The Morgan fingerprint density at radius 3 is 2.86 bits per heavy atom. The molecule has 1 amide bonds. The Morgan fingerprint density at radius 2 is 2.10 bits per heavy atom. The molecule has 4 rings (SSSR count). The average Bonchev–Trinajstić information content (AvgIpc) is 3.05. The Labute approximate surface area is 135 Å². The minimum atomic E-state index is -0.332. The van der Waals surface area contributed by atoms with Crippen molar-refractivity contribution in [2.75, 3.05) is 5.32 Å². The van der Waals surface area contributed by atoms with Gasteiger partial charge in [0, 0.05) is 5.92 Å². The van der Waals surface area contributed by atoms with Gasteiger partial charge in [-0.2, -0.15) is 0 Å². The summed E-state index contributed by atoms with van der Waals surface area (Å²) in [6.07, 6.45) is 0.814. The van der Waals surface area contributed by atoms with Crippen LogP contribution in [0.15, 0.2) is 24.3 Å². The SMILES string of the molecule is O=C(Nc1ccccc1Cl)[C@@H]1[C@H]2C[C@H]3[C@H](OC(=O)[C@H]31)[C@@H]2Br. The molecule has 1 aliphatic heterocycles. The number of carbonyl (C=O) groups is 2. The van der Waals surface area contributed by atoms with Gasteiger partial charge in [0.05, 0.1) is 27.4 Å². The highest BCUT2D eigenvalue weighted by molar-refractivity contribution is 9.09. The van der Waals surface area contributed by atoms with Crippen molar-refractivity contribution in [3.63, 3.8) is 0 Å². The lowest BCUT2D eigenvalue weighted by atomic mass is 9.79. The van der Waals surface area contributed by atoms with Crippen molar-refractivity contribution in [2.45, 2.75) is 17.4 Å². The zero-order valence-corrected chi connectivity index (χ0v) is 13.3. The Bertz CT molecular complexity index is 637. The second kappa shape index (κ2) is 4.71. The predicted molar refractivity (Wildman–Crippen MR) is 81.3 cm³/mol.